The molecule has 0 bridgehead atoms. The average molecular weight is 316 g/mol. The molecule has 2 aliphatic carbocycles. The number of rotatable bonds is 4. The SMILES string of the molecule is CC1=CC(=O)CC2(C)C1CCC(C)C2(CO)CCc1ccoc1. The van der Waals surface area contributed by atoms with Crippen LogP contribution in [0.25, 0.3) is 0 Å². The molecule has 3 nitrogen and oxygen atoms in total. The molecule has 4 atom stereocenters. The summed E-state index contributed by atoms with van der Waals surface area (Å²) in [5.41, 5.74) is 2.01. The third-order valence-corrected chi connectivity index (χ3v) is 6.94. The Labute approximate surface area is 138 Å². The van der Waals surface area contributed by atoms with Crippen LogP contribution in [0.3, 0.4) is 0 Å². The summed E-state index contributed by atoms with van der Waals surface area (Å²) in [7, 11) is 0. The number of hydrogen-bond acceptors (Lipinski definition) is 3. The van der Waals surface area contributed by atoms with E-state index in [1.54, 1.807) is 12.5 Å². The van der Waals surface area contributed by atoms with Gasteiger partial charge in [0.25, 0.3) is 0 Å². The first-order valence-corrected chi connectivity index (χ1v) is 8.76. The summed E-state index contributed by atoms with van der Waals surface area (Å²) in [5.74, 6) is 1.05. The number of carbonyl (C=O) groups excluding carboxylic acids is 1. The van der Waals surface area contributed by atoms with Crippen molar-refractivity contribution in [2.75, 3.05) is 6.61 Å². The molecule has 1 saturated carbocycles. The van der Waals surface area contributed by atoms with Gasteiger partial charge in [-0.2, -0.15) is 0 Å². The van der Waals surface area contributed by atoms with Crippen LogP contribution in [-0.2, 0) is 11.2 Å². The van der Waals surface area contributed by atoms with Gasteiger partial charge in [0.15, 0.2) is 5.78 Å². The summed E-state index contributed by atoms with van der Waals surface area (Å²) < 4.78 is 5.19. The molecule has 3 rings (SSSR count). The maximum atomic E-state index is 12.3. The summed E-state index contributed by atoms with van der Waals surface area (Å²) in [6.45, 7) is 6.74. The molecule has 126 valence electrons. The van der Waals surface area contributed by atoms with Gasteiger partial charge in [-0.15, -0.1) is 0 Å². The second-order valence-corrected chi connectivity index (χ2v) is 7.93. The molecule has 1 heterocycles. The Morgan fingerprint density at radius 3 is 2.83 bits per heavy atom. The van der Waals surface area contributed by atoms with Gasteiger partial charge in [-0.05, 0) is 67.6 Å². The number of furan rings is 1. The van der Waals surface area contributed by atoms with E-state index in [9.17, 15) is 9.90 Å². The number of hydrogen-bond donors (Lipinski definition) is 1. The van der Waals surface area contributed by atoms with Crippen molar-refractivity contribution in [3.8, 4) is 0 Å². The fourth-order valence-corrected chi connectivity index (χ4v) is 5.47. The zero-order chi connectivity index (χ0) is 16.7. The normalized spacial score (nSPS) is 37.4. The molecule has 1 fully saturated rings. The molecule has 1 aromatic heterocycles. The van der Waals surface area contributed by atoms with Crippen LogP contribution in [0.5, 0.6) is 0 Å². The molecule has 0 amide bonds. The molecule has 3 heteroatoms. The molecule has 0 radical (unpaired) electrons. The Bertz CT molecular complexity index is 600. The van der Waals surface area contributed by atoms with E-state index in [1.165, 1.54) is 11.1 Å². The first kappa shape index (κ1) is 16.5. The molecule has 0 saturated heterocycles. The maximum absolute atomic E-state index is 12.3. The Morgan fingerprint density at radius 1 is 1.39 bits per heavy atom. The largest absolute Gasteiger partial charge is 0.472 e. The van der Waals surface area contributed by atoms with Crippen LogP contribution in [0, 0.1) is 22.7 Å². The number of aliphatic hydroxyl groups is 1. The van der Waals surface area contributed by atoms with Gasteiger partial charge in [-0.3, -0.25) is 4.79 Å². The standard InChI is InChI=1S/C20H28O3/c1-14-10-17(22)11-19(3)18(14)5-4-15(2)20(19,13-21)8-6-16-7-9-23-12-16/h7,9-10,12,15,18,21H,4-6,8,11,13H2,1-3H3. The quantitative estimate of drug-likeness (QED) is 0.907. The average Bonchev–Trinajstić information content (AvgIpc) is 2.99. The number of fused-ring (bicyclic) bond motifs is 1. The minimum atomic E-state index is -0.210. The molecule has 0 aliphatic heterocycles. The van der Waals surface area contributed by atoms with E-state index in [0.717, 1.165) is 25.7 Å². The van der Waals surface area contributed by atoms with Crippen molar-refractivity contribution in [2.45, 2.75) is 52.9 Å². The monoisotopic (exact) mass is 316 g/mol. The fraction of sp³-hybridized carbons (Fsp3) is 0.650. The number of allylic oxidation sites excluding steroid dienone is 2. The molecule has 4 unspecified atom stereocenters. The van der Waals surface area contributed by atoms with Gasteiger partial charge in [-0.1, -0.05) is 19.4 Å². The van der Waals surface area contributed by atoms with E-state index in [4.69, 9.17) is 4.42 Å². The van der Waals surface area contributed by atoms with Gasteiger partial charge in [0.1, 0.15) is 0 Å². The van der Waals surface area contributed by atoms with E-state index in [1.807, 2.05) is 12.1 Å². The Balaban J connectivity index is 1.97. The number of carbonyl (C=O) groups is 1. The second-order valence-electron chi connectivity index (χ2n) is 7.93. The highest BCUT2D eigenvalue weighted by molar-refractivity contribution is 5.92. The summed E-state index contributed by atoms with van der Waals surface area (Å²) >= 11 is 0. The van der Waals surface area contributed by atoms with E-state index in [0.29, 0.717) is 18.3 Å². The van der Waals surface area contributed by atoms with Crippen LogP contribution in [0.2, 0.25) is 0 Å². The number of ketones is 1. The lowest BCUT2D eigenvalue weighted by Crippen LogP contribution is -2.57. The van der Waals surface area contributed by atoms with Crippen LogP contribution < -0.4 is 0 Å². The smallest absolute Gasteiger partial charge is 0.156 e. The third-order valence-electron chi connectivity index (χ3n) is 6.94. The zero-order valence-electron chi connectivity index (χ0n) is 14.5. The molecule has 2 aliphatic rings. The lowest BCUT2D eigenvalue weighted by molar-refractivity contribution is -0.142. The van der Waals surface area contributed by atoms with E-state index >= 15 is 0 Å². The molecular formula is C20H28O3. The highest BCUT2D eigenvalue weighted by atomic mass is 16.3. The second kappa shape index (κ2) is 5.94. The van der Waals surface area contributed by atoms with Crippen LogP contribution >= 0.6 is 0 Å². The molecule has 1 N–H and O–H groups in total. The van der Waals surface area contributed by atoms with E-state index in [2.05, 4.69) is 20.8 Å². The highest BCUT2D eigenvalue weighted by Crippen LogP contribution is 2.63. The molecule has 0 aromatic carbocycles. The van der Waals surface area contributed by atoms with Crippen molar-refractivity contribution in [3.05, 3.63) is 35.8 Å². The van der Waals surface area contributed by atoms with Crippen LogP contribution in [-0.4, -0.2) is 17.5 Å². The lowest BCUT2D eigenvalue weighted by atomic mass is 9.44. The fourth-order valence-electron chi connectivity index (χ4n) is 5.47. The Morgan fingerprint density at radius 2 is 2.17 bits per heavy atom. The van der Waals surface area contributed by atoms with E-state index in [-0.39, 0.29) is 23.2 Å². The molecule has 23 heavy (non-hydrogen) atoms. The van der Waals surface area contributed by atoms with Crippen molar-refractivity contribution in [2.24, 2.45) is 22.7 Å². The summed E-state index contributed by atoms with van der Waals surface area (Å²) in [5, 5.41) is 10.5. The first-order valence-electron chi connectivity index (χ1n) is 8.76. The van der Waals surface area contributed by atoms with Crippen molar-refractivity contribution in [1.82, 2.24) is 0 Å². The third kappa shape index (κ3) is 2.50. The van der Waals surface area contributed by atoms with Gasteiger partial charge in [0.05, 0.1) is 12.5 Å². The molecule has 0 spiro atoms. The van der Waals surface area contributed by atoms with Gasteiger partial charge in [-0.25, -0.2) is 0 Å². The Hall–Kier alpha value is -1.35. The predicted octanol–water partition coefficient (Wildman–Crippen LogP) is 4.16. The summed E-state index contributed by atoms with van der Waals surface area (Å²) in [6, 6.07) is 2.00. The van der Waals surface area contributed by atoms with Gasteiger partial charge >= 0.3 is 0 Å². The van der Waals surface area contributed by atoms with Crippen molar-refractivity contribution < 1.29 is 14.3 Å². The lowest BCUT2D eigenvalue weighted by Gasteiger charge is -2.60. The van der Waals surface area contributed by atoms with Crippen LogP contribution in [0.4, 0.5) is 0 Å². The minimum absolute atomic E-state index is 0.152. The van der Waals surface area contributed by atoms with Crippen LogP contribution in [0.1, 0.15) is 52.0 Å². The van der Waals surface area contributed by atoms with Crippen molar-refractivity contribution in [1.29, 1.82) is 0 Å². The topological polar surface area (TPSA) is 50.4 Å². The molecule has 1 aromatic rings. The summed E-state index contributed by atoms with van der Waals surface area (Å²) in [6.07, 6.45) is 9.92. The van der Waals surface area contributed by atoms with Gasteiger partial charge in [0.2, 0.25) is 0 Å². The maximum Gasteiger partial charge on any atom is 0.156 e. The first-order chi connectivity index (χ1) is 10.9. The Kier molecular flexibility index (Phi) is 4.26. The number of aryl methyl sites for hydroxylation is 1. The highest BCUT2D eigenvalue weighted by Gasteiger charge is 2.58. The predicted molar refractivity (Wildman–Crippen MR) is 89.9 cm³/mol. The molecular weight excluding hydrogens is 288 g/mol. The summed E-state index contributed by atoms with van der Waals surface area (Å²) in [4.78, 5) is 12.3. The van der Waals surface area contributed by atoms with E-state index < -0.39 is 0 Å². The van der Waals surface area contributed by atoms with Crippen molar-refractivity contribution in [3.63, 3.8) is 0 Å². The minimum Gasteiger partial charge on any atom is -0.472 e. The van der Waals surface area contributed by atoms with Gasteiger partial charge in [0, 0.05) is 18.4 Å². The van der Waals surface area contributed by atoms with Gasteiger partial charge < -0.3 is 9.52 Å². The zero-order valence-corrected chi connectivity index (χ0v) is 14.5. The number of aliphatic hydroxyl groups excluding tert-OH is 1. The van der Waals surface area contributed by atoms with Crippen LogP contribution in [0.15, 0.2) is 34.7 Å². The van der Waals surface area contributed by atoms with Crippen molar-refractivity contribution >= 4 is 5.78 Å².